The number of nitrogens with two attached hydrogens (primary N) is 2. The van der Waals surface area contributed by atoms with Gasteiger partial charge in [0.05, 0.1) is 19.0 Å². The highest BCUT2D eigenvalue weighted by molar-refractivity contribution is 5.90. The van der Waals surface area contributed by atoms with Crippen LogP contribution >= 0.6 is 0 Å². The average Bonchev–Trinajstić information content (AvgIpc) is 2.21. The van der Waals surface area contributed by atoms with Gasteiger partial charge in [-0.25, -0.2) is 0 Å². The Morgan fingerprint density at radius 1 is 1.18 bits per heavy atom. The zero-order chi connectivity index (χ0) is 13.4. The average molecular weight is 244 g/mol. The highest BCUT2D eigenvalue weighted by Crippen LogP contribution is 1.88. The van der Waals surface area contributed by atoms with E-state index >= 15 is 0 Å². The second kappa shape index (κ2) is 7.61. The van der Waals surface area contributed by atoms with Crippen LogP contribution in [0.2, 0.25) is 0 Å². The smallest absolute Gasteiger partial charge is 0.239 e. The molecular formula is C10H20N4O3. The van der Waals surface area contributed by atoms with Crippen molar-refractivity contribution in [2.75, 3.05) is 13.1 Å². The molecule has 0 heterocycles. The maximum Gasteiger partial charge on any atom is 0.239 e. The van der Waals surface area contributed by atoms with Crippen LogP contribution in [0.3, 0.4) is 0 Å². The molecule has 7 nitrogen and oxygen atoms in total. The van der Waals surface area contributed by atoms with Crippen LogP contribution in [-0.2, 0) is 14.4 Å². The van der Waals surface area contributed by atoms with Gasteiger partial charge in [0.25, 0.3) is 0 Å². The van der Waals surface area contributed by atoms with Gasteiger partial charge in [0.1, 0.15) is 0 Å². The molecule has 17 heavy (non-hydrogen) atoms. The zero-order valence-corrected chi connectivity index (χ0v) is 10.2. The zero-order valence-electron chi connectivity index (χ0n) is 10.2. The van der Waals surface area contributed by atoms with Crippen LogP contribution in [0.15, 0.2) is 0 Å². The lowest BCUT2D eigenvalue weighted by Crippen LogP contribution is -2.46. The Morgan fingerprint density at radius 3 is 2.24 bits per heavy atom. The summed E-state index contributed by atoms with van der Waals surface area (Å²) in [5.74, 6) is -1.18. The van der Waals surface area contributed by atoms with Crippen molar-refractivity contribution >= 4 is 17.7 Å². The van der Waals surface area contributed by atoms with Gasteiger partial charge in [-0.15, -0.1) is 0 Å². The van der Waals surface area contributed by atoms with E-state index in [0.29, 0.717) is 12.5 Å². The molecule has 98 valence electrons. The quantitative estimate of drug-likeness (QED) is 0.416. The number of amides is 3. The summed E-state index contributed by atoms with van der Waals surface area (Å²) in [6, 6.07) is -1.01. The fraction of sp³-hybridized carbons (Fsp3) is 0.700. The molecule has 0 aliphatic rings. The summed E-state index contributed by atoms with van der Waals surface area (Å²) in [7, 11) is 0. The van der Waals surface area contributed by atoms with Crippen LogP contribution in [0.5, 0.6) is 0 Å². The molecule has 0 saturated heterocycles. The standard InChI is InChI=1S/C10H20N4O3/c1-6(2)4-13-9(16)5-14-10(17)7(11)3-8(12)15/h6-7H,3-5,11H2,1-2H3,(H2,12,15)(H,13,16)(H,14,17). The number of carbonyl (C=O) groups is 3. The van der Waals surface area contributed by atoms with Crippen molar-refractivity contribution in [2.24, 2.45) is 17.4 Å². The first-order valence-electron chi connectivity index (χ1n) is 5.41. The van der Waals surface area contributed by atoms with E-state index in [2.05, 4.69) is 10.6 Å². The molecule has 0 saturated carbocycles. The van der Waals surface area contributed by atoms with Crippen molar-refractivity contribution in [1.82, 2.24) is 10.6 Å². The number of hydrogen-bond acceptors (Lipinski definition) is 4. The first-order valence-corrected chi connectivity index (χ1v) is 5.41. The van der Waals surface area contributed by atoms with E-state index in [1.165, 1.54) is 0 Å². The number of rotatable bonds is 7. The van der Waals surface area contributed by atoms with E-state index in [1.54, 1.807) is 0 Å². The predicted octanol–water partition coefficient (Wildman–Crippen LogP) is -1.92. The molecule has 0 aromatic carbocycles. The van der Waals surface area contributed by atoms with E-state index in [1.807, 2.05) is 13.8 Å². The fourth-order valence-corrected chi connectivity index (χ4v) is 0.988. The van der Waals surface area contributed by atoms with Gasteiger partial charge in [0.15, 0.2) is 0 Å². The first kappa shape index (κ1) is 15.4. The minimum atomic E-state index is -1.01. The minimum Gasteiger partial charge on any atom is -0.370 e. The second-order valence-electron chi connectivity index (χ2n) is 4.19. The van der Waals surface area contributed by atoms with Crippen LogP contribution in [-0.4, -0.2) is 36.9 Å². The fourth-order valence-electron chi connectivity index (χ4n) is 0.988. The SMILES string of the molecule is CC(C)CNC(=O)CNC(=O)C(N)CC(N)=O. The molecule has 3 amide bonds. The van der Waals surface area contributed by atoms with Gasteiger partial charge >= 0.3 is 0 Å². The summed E-state index contributed by atoms with van der Waals surface area (Å²) < 4.78 is 0. The Balaban J connectivity index is 3.83. The van der Waals surface area contributed by atoms with Crippen molar-refractivity contribution in [3.8, 4) is 0 Å². The maximum absolute atomic E-state index is 11.3. The van der Waals surface area contributed by atoms with Crippen molar-refractivity contribution < 1.29 is 14.4 Å². The normalized spacial score (nSPS) is 12.0. The number of hydrogen-bond donors (Lipinski definition) is 4. The highest BCUT2D eigenvalue weighted by Gasteiger charge is 2.16. The van der Waals surface area contributed by atoms with Crippen molar-refractivity contribution in [2.45, 2.75) is 26.3 Å². The van der Waals surface area contributed by atoms with Gasteiger partial charge in [0.2, 0.25) is 17.7 Å². The van der Waals surface area contributed by atoms with E-state index in [-0.39, 0.29) is 18.9 Å². The molecule has 0 aromatic rings. The number of carbonyl (C=O) groups excluding carboxylic acids is 3. The Kier molecular flexibility index (Phi) is 6.88. The Labute approximate surface area is 100 Å². The summed E-state index contributed by atoms with van der Waals surface area (Å²) in [6.45, 7) is 4.31. The molecule has 0 aliphatic heterocycles. The molecule has 0 bridgehead atoms. The van der Waals surface area contributed by atoms with Gasteiger partial charge in [-0.3, -0.25) is 14.4 Å². The summed E-state index contributed by atoms with van der Waals surface area (Å²) >= 11 is 0. The van der Waals surface area contributed by atoms with Crippen molar-refractivity contribution in [3.63, 3.8) is 0 Å². The number of nitrogens with one attached hydrogen (secondary N) is 2. The third-order valence-corrected chi connectivity index (χ3v) is 1.89. The summed E-state index contributed by atoms with van der Waals surface area (Å²) in [4.78, 5) is 33.0. The lowest BCUT2D eigenvalue weighted by Gasteiger charge is -2.11. The molecule has 6 N–H and O–H groups in total. The second-order valence-corrected chi connectivity index (χ2v) is 4.19. The lowest BCUT2D eigenvalue weighted by molar-refractivity contribution is -0.128. The molecule has 0 radical (unpaired) electrons. The van der Waals surface area contributed by atoms with Crippen molar-refractivity contribution in [3.05, 3.63) is 0 Å². The molecule has 7 heteroatoms. The van der Waals surface area contributed by atoms with Crippen LogP contribution in [0, 0.1) is 5.92 Å². The summed E-state index contributed by atoms with van der Waals surface area (Å²) in [6.07, 6.45) is -0.237. The van der Waals surface area contributed by atoms with Gasteiger partial charge < -0.3 is 22.1 Å². The molecule has 0 aliphatic carbocycles. The molecule has 0 rings (SSSR count). The topological polar surface area (TPSA) is 127 Å². The monoisotopic (exact) mass is 244 g/mol. The van der Waals surface area contributed by atoms with Crippen LogP contribution in [0.4, 0.5) is 0 Å². The van der Waals surface area contributed by atoms with E-state index in [4.69, 9.17) is 11.5 Å². The van der Waals surface area contributed by atoms with Gasteiger partial charge in [0, 0.05) is 6.54 Å². The van der Waals surface area contributed by atoms with Crippen LogP contribution in [0.25, 0.3) is 0 Å². The maximum atomic E-state index is 11.3. The van der Waals surface area contributed by atoms with Crippen LogP contribution < -0.4 is 22.1 Å². The summed E-state index contributed by atoms with van der Waals surface area (Å²) in [5, 5.41) is 4.96. The molecule has 0 aromatic heterocycles. The van der Waals surface area contributed by atoms with Gasteiger partial charge in [-0.05, 0) is 5.92 Å². The summed E-state index contributed by atoms with van der Waals surface area (Å²) in [5.41, 5.74) is 10.3. The van der Waals surface area contributed by atoms with E-state index in [0.717, 1.165) is 0 Å². The Bertz CT molecular complexity index is 291. The Morgan fingerprint density at radius 2 is 1.76 bits per heavy atom. The van der Waals surface area contributed by atoms with Gasteiger partial charge in [-0.2, -0.15) is 0 Å². The molecule has 1 unspecified atom stereocenters. The first-order chi connectivity index (χ1) is 7.82. The van der Waals surface area contributed by atoms with Crippen LogP contribution in [0.1, 0.15) is 20.3 Å². The van der Waals surface area contributed by atoms with E-state index in [9.17, 15) is 14.4 Å². The largest absolute Gasteiger partial charge is 0.370 e. The third-order valence-electron chi connectivity index (χ3n) is 1.89. The number of primary amides is 1. The van der Waals surface area contributed by atoms with Crippen molar-refractivity contribution in [1.29, 1.82) is 0 Å². The predicted molar refractivity (Wildman–Crippen MR) is 62.6 cm³/mol. The highest BCUT2D eigenvalue weighted by atomic mass is 16.2. The minimum absolute atomic E-state index is 0.155. The molecular weight excluding hydrogens is 224 g/mol. The van der Waals surface area contributed by atoms with Gasteiger partial charge in [-0.1, -0.05) is 13.8 Å². The molecule has 0 spiro atoms. The molecule has 0 fully saturated rings. The third kappa shape index (κ3) is 8.21. The lowest BCUT2D eigenvalue weighted by atomic mass is 10.2. The van der Waals surface area contributed by atoms with E-state index < -0.39 is 17.9 Å². The molecule has 1 atom stereocenters. The Hall–Kier alpha value is -1.63.